The maximum absolute atomic E-state index is 8.64. The number of aliphatic hydroxyl groups is 2. The molecule has 0 atom stereocenters. The average Bonchev–Trinajstić information content (AvgIpc) is 1.77. The molecule has 8 heavy (non-hydrogen) atoms. The first kappa shape index (κ1) is 5.03. The van der Waals surface area contributed by atoms with Crippen molar-refractivity contribution in [3.63, 3.8) is 0 Å². The van der Waals surface area contributed by atoms with Gasteiger partial charge in [0.05, 0.1) is 0 Å². The molecule has 0 aromatic heterocycles. The summed E-state index contributed by atoms with van der Waals surface area (Å²) in [4.78, 5) is 0. The first-order chi connectivity index (χ1) is 3.80. The predicted molar refractivity (Wildman–Crippen MR) is 27.4 cm³/mol. The van der Waals surface area contributed by atoms with Crippen molar-refractivity contribution in [3.8, 4) is 0 Å². The molecular weight excluding hydrogens is 108 g/mol. The van der Waals surface area contributed by atoms with E-state index in [9.17, 15) is 0 Å². The van der Waals surface area contributed by atoms with Gasteiger partial charge in [-0.3, -0.25) is 0 Å². The summed E-state index contributed by atoms with van der Waals surface area (Å²) >= 11 is 0. The number of rotatable bonds is 0. The SMILES string of the molecule is OC1=CCOC=C1O. The highest BCUT2D eigenvalue weighted by Gasteiger charge is 2.03. The van der Waals surface area contributed by atoms with Crippen molar-refractivity contribution in [2.24, 2.45) is 0 Å². The third-order valence-electron chi connectivity index (χ3n) is 0.830. The Bertz CT molecular complexity index is 128. The Morgan fingerprint density at radius 3 is 2.50 bits per heavy atom. The summed E-state index contributed by atoms with van der Waals surface area (Å²) in [6.45, 7) is 0.329. The number of hydrogen-bond acceptors (Lipinski definition) is 3. The van der Waals surface area contributed by atoms with E-state index >= 15 is 0 Å². The van der Waals surface area contributed by atoms with Crippen LogP contribution in [0.5, 0.6) is 0 Å². The van der Waals surface area contributed by atoms with Crippen molar-refractivity contribution >= 4 is 0 Å². The number of hydrogen-bond donors (Lipinski definition) is 2. The van der Waals surface area contributed by atoms with E-state index in [1.165, 1.54) is 6.08 Å². The lowest BCUT2D eigenvalue weighted by molar-refractivity contribution is 0.224. The summed E-state index contributed by atoms with van der Waals surface area (Å²) in [7, 11) is 0. The van der Waals surface area contributed by atoms with Crippen molar-refractivity contribution in [2.75, 3.05) is 6.61 Å². The third-order valence-corrected chi connectivity index (χ3v) is 0.830. The molecule has 3 heteroatoms. The molecule has 0 unspecified atom stereocenters. The van der Waals surface area contributed by atoms with Gasteiger partial charge in [-0.15, -0.1) is 0 Å². The molecule has 0 spiro atoms. The zero-order valence-electron chi connectivity index (χ0n) is 4.16. The first-order valence-corrected chi connectivity index (χ1v) is 2.21. The maximum atomic E-state index is 8.64. The Morgan fingerprint density at radius 2 is 2.12 bits per heavy atom. The first-order valence-electron chi connectivity index (χ1n) is 2.21. The topological polar surface area (TPSA) is 49.7 Å². The predicted octanol–water partition coefficient (Wildman–Crippen LogP) is 0.858. The van der Waals surface area contributed by atoms with E-state index < -0.39 is 0 Å². The lowest BCUT2D eigenvalue weighted by atomic mass is 10.4. The van der Waals surface area contributed by atoms with Crippen LogP contribution in [0.1, 0.15) is 0 Å². The number of ether oxygens (including phenoxy) is 1. The van der Waals surface area contributed by atoms with Crippen molar-refractivity contribution < 1.29 is 14.9 Å². The Kier molecular flexibility index (Phi) is 1.12. The molecule has 0 bridgehead atoms. The summed E-state index contributed by atoms with van der Waals surface area (Å²) in [5.74, 6) is -0.326. The molecule has 0 saturated carbocycles. The van der Waals surface area contributed by atoms with E-state index in [0.717, 1.165) is 6.26 Å². The minimum Gasteiger partial charge on any atom is -0.504 e. The molecule has 2 N–H and O–H groups in total. The van der Waals surface area contributed by atoms with Gasteiger partial charge in [0.2, 0.25) is 0 Å². The lowest BCUT2D eigenvalue weighted by Crippen LogP contribution is -1.97. The highest BCUT2D eigenvalue weighted by atomic mass is 16.5. The zero-order valence-corrected chi connectivity index (χ0v) is 4.16. The second-order valence-electron chi connectivity index (χ2n) is 1.43. The normalized spacial score (nSPS) is 18.5. The maximum Gasteiger partial charge on any atom is 0.192 e. The Balaban J connectivity index is 2.73. The van der Waals surface area contributed by atoms with Crippen LogP contribution in [0.15, 0.2) is 23.9 Å². The van der Waals surface area contributed by atoms with E-state index in [1.54, 1.807) is 0 Å². The number of aliphatic hydroxyl groups excluding tert-OH is 2. The Labute approximate surface area is 46.5 Å². The van der Waals surface area contributed by atoms with Gasteiger partial charge in [-0.25, -0.2) is 0 Å². The summed E-state index contributed by atoms with van der Waals surface area (Å²) in [6.07, 6.45) is 2.49. The second-order valence-corrected chi connectivity index (χ2v) is 1.43. The van der Waals surface area contributed by atoms with Gasteiger partial charge in [-0.2, -0.15) is 0 Å². The van der Waals surface area contributed by atoms with Crippen LogP contribution in [0.4, 0.5) is 0 Å². The molecule has 1 aliphatic heterocycles. The van der Waals surface area contributed by atoms with Crippen LogP contribution in [-0.4, -0.2) is 16.8 Å². The van der Waals surface area contributed by atoms with Gasteiger partial charge >= 0.3 is 0 Å². The summed E-state index contributed by atoms with van der Waals surface area (Å²) in [5, 5.41) is 17.2. The molecule has 3 nitrogen and oxygen atoms in total. The van der Waals surface area contributed by atoms with E-state index in [4.69, 9.17) is 10.2 Å². The molecule has 44 valence electrons. The monoisotopic (exact) mass is 114 g/mol. The highest BCUT2D eigenvalue weighted by Crippen LogP contribution is 2.06. The van der Waals surface area contributed by atoms with Crippen LogP contribution in [0, 0.1) is 0 Å². The smallest absolute Gasteiger partial charge is 0.192 e. The van der Waals surface area contributed by atoms with Gasteiger partial charge in [-0.1, -0.05) is 0 Å². The van der Waals surface area contributed by atoms with E-state index in [0.29, 0.717) is 6.61 Å². The fourth-order valence-corrected chi connectivity index (χ4v) is 0.419. The van der Waals surface area contributed by atoms with Crippen LogP contribution < -0.4 is 0 Å². The molecule has 1 heterocycles. The standard InChI is InChI=1S/C5H6O3/c6-4-1-2-8-3-5(4)7/h1,3,6-7H,2H2. The molecule has 0 amide bonds. The van der Waals surface area contributed by atoms with Gasteiger partial charge < -0.3 is 14.9 Å². The van der Waals surface area contributed by atoms with Crippen molar-refractivity contribution in [1.82, 2.24) is 0 Å². The molecule has 0 fully saturated rings. The molecule has 0 aliphatic carbocycles. The fourth-order valence-electron chi connectivity index (χ4n) is 0.419. The van der Waals surface area contributed by atoms with Gasteiger partial charge in [0, 0.05) is 0 Å². The van der Waals surface area contributed by atoms with Gasteiger partial charge in [0.15, 0.2) is 11.5 Å². The average molecular weight is 114 g/mol. The zero-order chi connectivity index (χ0) is 5.98. The van der Waals surface area contributed by atoms with E-state index in [1.807, 2.05) is 0 Å². The Morgan fingerprint density at radius 1 is 1.38 bits per heavy atom. The minimum absolute atomic E-state index is 0.115. The highest BCUT2D eigenvalue weighted by molar-refractivity contribution is 5.17. The van der Waals surface area contributed by atoms with Crippen LogP contribution >= 0.6 is 0 Å². The summed E-state index contributed by atoms with van der Waals surface area (Å²) in [6, 6.07) is 0. The van der Waals surface area contributed by atoms with Crippen LogP contribution in [-0.2, 0) is 4.74 Å². The van der Waals surface area contributed by atoms with E-state index in [2.05, 4.69) is 4.74 Å². The summed E-state index contributed by atoms with van der Waals surface area (Å²) in [5.41, 5.74) is 0. The quantitative estimate of drug-likeness (QED) is 0.491. The lowest BCUT2D eigenvalue weighted by Gasteiger charge is -2.04. The van der Waals surface area contributed by atoms with E-state index in [-0.39, 0.29) is 11.5 Å². The molecule has 0 aromatic rings. The third kappa shape index (κ3) is 0.753. The Hall–Kier alpha value is -1.12. The van der Waals surface area contributed by atoms with Crippen LogP contribution in [0.3, 0.4) is 0 Å². The molecule has 0 aromatic carbocycles. The van der Waals surface area contributed by atoms with Crippen molar-refractivity contribution in [3.05, 3.63) is 23.9 Å². The second kappa shape index (κ2) is 1.78. The van der Waals surface area contributed by atoms with Crippen LogP contribution in [0.2, 0.25) is 0 Å². The van der Waals surface area contributed by atoms with Gasteiger partial charge in [0.25, 0.3) is 0 Å². The largest absolute Gasteiger partial charge is 0.504 e. The minimum atomic E-state index is -0.212. The molecule has 0 radical (unpaired) electrons. The van der Waals surface area contributed by atoms with Gasteiger partial charge in [0.1, 0.15) is 12.9 Å². The van der Waals surface area contributed by atoms with Crippen LogP contribution in [0.25, 0.3) is 0 Å². The summed E-state index contributed by atoms with van der Waals surface area (Å²) < 4.78 is 4.60. The van der Waals surface area contributed by atoms with Gasteiger partial charge in [-0.05, 0) is 6.08 Å². The molecule has 0 saturated heterocycles. The molecule has 1 rings (SSSR count). The van der Waals surface area contributed by atoms with Crippen molar-refractivity contribution in [2.45, 2.75) is 0 Å². The molecule has 1 aliphatic rings. The van der Waals surface area contributed by atoms with Crippen molar-refractivity contribution in [1.29, 1.82) is 0 Å². The molecular formula is C5H6O3. The fraction of sp³-hybridized carbons (Fsp3) is 0.200.